The molecule has 0 spiro atoms. The van der Waals surface area contributed by atoms with Crippen LogP contribution in [-0.4, -0.2) is 28.0 Å². The number of nitrogens with one attached hydrogen (secondary N) is 1. The Kier molecular flexibility index (Phi) is 5.29. The van der Waals surface area contributed by atoms with Gasteiger partial charge in [0, 0.05) is 5.41 Å². The topological polar surface area (TPSA) is 102 Å². The molecule has 4 aliphatic rings. The second-order valence-corrected chi connectivity index (χ2v) is 12.3. The molecule has 1 atom stereocenters. The highest BCUT2D eigenvalue weighted by Gasteiger charge is 2.56. The molecule has 0 radical (unpaired) electrons. The molecule has 2 heterocycles. The zero-order valence-corrected chi connectivity index (χ0v) is 21.1. The zero-order chi connectivity index (χ0) is 25.1. The fourth-order valence-corrected chi connectivity index (χ4v) is 8.56. The van der Waals surface area contributed by atoms with E-state index in [1.54, 1.807) is 35.8 Å². The van der Waals surface area contributed by atoms with Crippen molar-refractivity contribution in [2.75, 3.05) is 0 Å². The lowest BCUT2D eigenvalue weighted by Gasteiger charge is -2.58. The highest BCUT2D eigenvalue weighted by molar-refractivity contribution is 7.18. The average Bonchev–Trinajstić information content (AvgIpc) is 3.51. The van der Waals surface area contributed by atoms with Crippen LogP contribution < -0.4 is 10.1 Å². The molecular formula is C29H28N2O5S. The van der Waals surface area contributed by atoms with E-state index in [1.165, 1.54) is 19.3 Å². The summed E-state index contributed by atoms with van der Waals surface area (Å²) in [5, 5.41) is 14.7. The van der Waals surface area contributed by atoms with Gasteiger partial charge in [0.2, 0.25) is 0 Å². The summed E-state index contributed by atoms with van der Waals surface area (Å²) in [7, 11) is 0. The largest absolute Gasteiger partial charge is 0.485 e. The molecule has 0 aliphatic heterocycles. The number of carboxylic acid groups (broad SMARTS) is 1. The van der Waals surface area contributed by atoms with E-state index < -0.39 is 17.9 Å². The number of ether oxygens (including phenoxy) is 1. The molecule has 1 amide bonds. The van der Waals surface area contributed by atoms with Gasteiger partial charge in [-0.05, 0) is 86.6 Å². The molecule has 2 aromatic heterocycles. The third kappa shape index (κ3) is 3.89. The number of nitrogens with zero attached hydrogens (tertiary/aromatic N) is 1. The standard InChI is InChI=1S/C29H28N2O5S/c32-27(31-26(28(33)34)29-12-16-9-17(13-29)11-18(10-16)14-29)20-5-6-22-19(7-8-35-22)25(20)36-15-24-30-21-3-1-2-4-23(21)37-24/h1-8,16-18,26H,9-15H2,(H,31,32)(H,33,34)/t16?,17?,18?,26-,29?/m1/s1. The molecule has 2 N–H and O–H groups in total. The van der Waals surface area contributed by atoms with Crippen molar-refractivity contribution in [2.45, 2.75) is 51.2 Å². The number of furan rings is 1. The van der Waals surface area contributed by atoms with Crippen LogP contribution >= 0.6 is 11.3 Å². The molecule has 4 aromatic rings. The number of hydrogen-bond donors (Lipinski definition) is 2. The van der Waals surface area contributed by atoms with Crippen molar-refractivity contribution >= 4 is 44.4 Å². The summed E-state index contributed by atoms with van der Waals surface area (Å²) in [6.07, 6.45) is 7.85. The number of carboxylic acids is 1. The van der Waals surface area contributed by atoms with Crippen LogP contribution in [0.5, 0.6) is 5.75 Å². The molecule has 7 nitrogen and oxygen atoms in total. The number of rotatable bonds is 7. The maximum absolute atomic E-state index is 13.7. The van der Waals surface area contributed by atoms with Gasteiger partial charge in [-0.3, -0.25) is 4.79 Å². The van der Waals surface area contributed by atoms with E-state index in [9.17, 15) is 14.7 Å². The van der Waals surface area contributed by atoms with E-state index in [0.717, 1.165) is 34.5 Å². The number of amides is 1. The van der Waals surface area contributed by atoms with Crippen molar-refractivity contribution in [1.82, 2.24) is 10.3 Å². The van der Waals surface area contributed by atoms with Crippen molar-refractivity contribution in [3.8, 4) is 5.75 Å². The first-order valence-corrected chi connectivity index (χ1v) is 13.8. The number of carbonyl (C=O) groups is 2. The predicted octanol–water partition coefficient (Wildman–Crippen LogP) is 6.02. The van der Waals surface area contributed by atoms with Crippen molar-refractivity contribution in [3.05, 3.63) is 59.3 Å². The summed E-state index contributed by atoms with van der Waals surface area (Å²) in [5.74, 6) is 0.764. The molecule has 0 unspecified atom stereocenters. The lowest BCUT2D eigenvalue weighted by atomic mass is 9.47. The summed E-state index contributed by atoms with van der Waals surface area (Å²) in [6, 6.07) is 12.2. The van der Waals surface area contributed by atoms with Crippen LogP contribution in [0.1, 0.15) is 53.9 Å². The number of aliphatic carboxylic acids is 1. The molecule has 4 fully saturated rings. The van der Waals surface area contributed by atoms with Crippen molar-refractivity contribution in [3.63, 3.8) is 0 Å². The molecule has 4 aliphatic carbocycles. The first kappa shape index (κ1) is 22.8. The summed E-state index contributed by atoms with van der Waals surface area (Å²) in [5.41, 5.74) is 1.46. The Hall–Kier alpha value is -3.39. The Balaban J connectivity index is 1.19. The Morgan fingerprint density at radius 2 is 1.81 bits per heavy atom. The fraction of sp³-hybridized carbons (Fsp3) is 0.414. The number of benzene rings is 2. The van der Waals surface area contributed by atoms with E-state index in [4.69, 9.17) is 9.15 Å². The number of para-hydroxylation sites is 1. The monoisotopic (exact) mass is 516 g/mol. The summed E-state index contributed by atoms with van der Waals surface area (Å²) >= 11 is 1.55. The highest BCUT2D eigenvalue weighted by atomic mass is 32.1. The molecule has 4 saturated carbocycles. The third-order valence-corrected chi connectivity index (χ3v) is 9.74. The lowest BCUT2D eigenvalue weighted by molar-refractivity contribution is -0.150. The molecule has 0 saturated heterocycles. The van der Waals surface area contributed by atoms with Gasteiger partial charge in [0.05, 0.1) is 27.4 Å². The molecule has 2 aromatic carbocycles. The smallest absolute Gasteiger partial charge is 0.326 e. The number of aromatic nitrogens is 1. The zero-order valence-electron chi connectivity index (χ0n) is 20.3. The van der Waals surface area contributed by atoms with Gasteiger partial charge in [-0.25, -0.2) is 9.78 Å². The van der Waals surface area contributed by atoms with Gasteiger partial charge in [0.15, 0.2) is 0 Å². The van der Waals surface area contributed by atoms with Crippen molar-refractivity contribution in [1.29, 1.82) is 0 Å². The number of carbonyl (C=O) groups excluding carboxylic acids is 1. The molecule has 8 rings (SSSR count). The SMILES string of the molecule is O=C(N[C@H](C(=O)O)C12CC3CC(CC(C3)C1)C2)c1ccc2occc2c1OCc1nc2ccccc2s1. The predicted molar refractivity (Wildman–Crippen MR) is 140 cm³/mol. The Morgan fingerprint density at radius 3 is 2.51 bits per heavy atom. The van der Waals surface area contributed by atoms with E-state index >= 15 is 0 Å². The Morgan fingerprint density at radius 1 is 1.08 bits per heavy atom. The third-order valence-electron chi connectivity index (χ3n) is 8.73. The van der Waals surface area contributed by atoms with Crippen LogP contribution in [0, 0.1) is 23.2 Å². The lowest BCUT2D eigenvalue weighted by Crippen LogP contribution is -2.59. The average molecular weight is 517 g/mol. The van der Waals surface area contributed by atoms with Crippen molar-refractivity contribution in [2.24, 2.45) is 23.2 Å². The second-order valence-electron chi connectivity index (χ2n) is 11.2. The van der Waals surface area contributed by atoms with Gasteiger partial charge in [-0.2, -0.15) is 0 Å². The second kappa shape index (κ2) is 8.58. The van der Waals surface area contributed by atoms with Crippen LogP contribution in [0.15, 0.2) is 53.1 Å². The minimum absolute atomic E-state index is 0.196. The Labute approximate surface area is 217 Å². The van der Waals surface area contributed by atoms with Crippen molar-refractivity contribution < 1.29 is 23.8 Å². The normalized spacial score (nSPS) is 27.0. The first-order valence-electron chi connectivity index (χ1n) is 13.0. The highest BCUT2D eigenvalue weighted by Crippen LogP contribution is 2.61. The van der Waals surface area contributed by atoms with Crippen LogP contribution in [0.2, 0.25) is 0 Å². The summed E-state index contributed by atoms with van der Waals surface area (Å²) in [6.45, 7) is 0.196. The van der Waals surface area contributed by atoms with Gasteiger partial charge < -0.3 is 19.6 Å². The quantitative estimate of drug-likeness (QED) is 0.311. The molecule has 8 heteroatoms. The summed E-state index contributed by atoms with van der Waals surface area (Å²) < 4.78 is 12.8. The number of hydrogen-bond acceptors (Lipinski definition) is 6. The number of thiazole rings is 1. The fourth-order valence-electron chi connectivity index (χ4n) is 7.68. The van der Waals surface area contributed by atoms with E-state index in [1.807, 2.05) is 24.3 Å². The van der Waals surface area contributed by atoms with E-state index in [-0.39, 0.29) is 12.0 Å². The first-order chi connectivity index (χ1) is 18.0. The van der Waals surface area contributed by atoms with E-state index in [2.05, 4.69) is 10.3 Å². The van der Waals surface area contributed by atoms with Gasteiger partial charge in [0.1, 0.15) is 29.0 Å². The van der Waals surface area contributed by atoms with E-state index in [0.29, 0.717) is 40.0 Å². The maximum Gasteiger partial charge on any atom is 0.326 e. The van der Waals surface area contributed by atoms with Crippen LogP contribution in [0.3, 0.4) is 0 Å². The van der Waals surface area contributed by atoms with Gasteiger partial charge in [-0.15, -0.1) is 11.3 Å². The van der Waals surface area contributed by atoms with Crippen LogP contribution in [-0.2, 0) is 11.4 Å². The molecule has 190 valence electrons. The minimum Gasteiger partial charge on any atom is -0.485 e. The van der Waals surface area contributed by atoms with Gasteiger partial charge >= 0.3 is 5.97 Å². The van der Waals surface area contributed by atoms with Crippen LogP contribution in [0.25, 0.3) is 21.2 Å². The Bertz CT molecular complexity index is 1450. The van der Waals surface area contributed by atoms with Gasteiger partial charge in [0.25, 0.3) is 5.91 Å². The van der Waals surface area contributed by atoms with Gasteiger partial charge in [-0.1, -0.05) is 12.1 Å². The molecular weight excluding hydrogens is 488 g/mol. The summed E-state index contributed by atoms with van der Waals surface area (Å²) in [4.78, 5) is 30.9. The molecule has 4 bridgehead atoms. The van der Waals surface area contributed by atoms with Crippen LogP contribution in [0.4, 0.5) is 0 Å². The maximum atomic E-state index is 13.7. The minimum atomic E-state index is -0.948. The number of fused-ring (bicyclic) bond motifs is 2. The molecule has 37 heavy (non-hydrogen) atoms.